The Labute approximate surface area is 92.0 Å². The first-order chi connectivity index (χ1) is 7.20. The number of halogens is 1. The number of carbonyl (C=O) groups excluding carboxylic acids is 2. The van der Waals surface area contributed by atoms with Gasteiger partial charge < -0.3 is 4.74 Å². The normalized spacial score (nSPS) is 29.0. The fourth-order valence-corrected chi connectivity index (χ4v) is 2.12. The predicted molar refractivity (Wildman–Crippen MR) is 54.9 cm³/mol. The fourth-order valence-electron chi connectivity index (χ4n) is 1.88. The van der Waals surface area contributed by atoms with Crippen LogP contribution >= 0.6 is 11.6 Å². The second-order valence-corrected chi connectivity index (χ2v) is 3.97. The summed E-state index contributed by atoms with van der Waals surface area (Å²) in [5.41, 5.74) is 0. The van der Waals surface area contributed by atoms with E-state index in [9.17, 15) is 9.59 Å². The van der Waals surface area contributed by atoms with Crippen molar-refractivity contribution in [2.45, 2.75) is 6.42 Å². The van der Waals surface area contributed by atoms with Gasteiger partial charge >= 0.3 is 0 Å². The average Bonchev–Trinajstić information content (AvgIpc) is 2.17. The van der Waals surface area contributed by atoms with Gasteiger partial charge in [0.05, 0.1) is 0 Å². The molecule has 2 unspecified atom stereocenters. The van der Waals surface area contributed by atoms with Gasteiger partial charge in [-0.3, -0.25) is 9.59 Å². The van der Waals surface area contributed by atoms with E-state index in [-0.39, 0.29) is 17.6 Å². The van der Waals surface area contributed by atoms with E-state index >= 15 is 0 Å². The third-order valence-corrected chi connectivity index (χ3v) is 2.82. The minimum atomic E-state index is -0.161. The van der Waals surface area contributed by atoms with E-state index in [1.807, 2.05) is 6.08 Å². The van der Waals surface area contributed by atoms with Crippen LogP contribution in [0.5, 0.6) is 0 Å². The van der Waals surface area contributed by atoms with E-state index in [0.717, 1.165) is 0 Å². The number of carbonyl (C=O) groups is 2. The van der Waals surface area contributed by atoms with E-state index in [0.29, 0.717) is 23.7 Å². The smallest absolute Gasteiger partial charge is 0.298 e. The van der Waals surface area contributed by atoms with Gasteiger partial charge in [-0.25, -0.2) is 0 Å². The Morgan fingerprint density at radius 3 is 3.07 bits per heavy atom. The summed E-state index contributed by atoms with van der Waals surface area (Å²) >= 11 is 5.84. The maximum absolute atomic E-state index is 11.6. The Balaban J connectivity index is 2.24. The van der Waals surface area contributed by atoms with Gasteiger partial charge in [-0.1, -0.05) is 23.8 Å². The molecule has 15 heavy (non-hydrogen) atoms. The van der Waals surface area contributed by atoms with E-state index in [4.69, 9.17) is 16.3 Å². The Morgan fingerprint density at radius 2 is 2.33 bits per heavy atom. The fraction of sp³-hybridized carbons (Fsp3) is 0.273. The molecule has 0 aromatic carbocycles. The van der Waals surface area contributed by atoms with Gasteiger partial charge in [-0.2, -0.15) is 0 Å². The molecule has 4 heteroatoms. The molecule has 0 saturated carbocycles. The molecule has 0 aromatic rings. The molecule has 0 amide bonds. The van der Waals surface area contributed by atoms with Crippen molar-refractivity contribution < 1.29 is 14.3 Å². The lowest BCUT2D eigenvalue weighted by Gasteiger charge is -2.27. The number of rotatable bonds is 2. The molecule has 2 rings (SSSR count). The Hall–Kier alpha value is -1.35. The predicted octanol–water partition coefficient (Wildman–Crippen LogP) is 1.94. The lowest BCUT2D eigenvalue weighted by molar-refractivity contribution is -0.126. The molecule has 0 saturated heterocycles. The zero-order valence-corrected chi connectivity index (χ0v) is 8.61. The van der Waals surface area contributed by atoms with Crippen molar-refractivity contribution in [3.05, 3.63) is 35.1 Å². The van der Waals surface area contributed by atoms with E-state index in [1.54, 1.807) is 12.2 Å². The second kappa shape index (κ2) is 4.03. The van der Waals surface area contributed by atoms with Crippen molar-refractivity contribution in [3.63, 3.8) is 0 Å². The quantitative estimate of drug-likeness (QED) is 0.674. The molecule has 3 nitrogen and oxygen atoms in total. The largest absolute Gasteiger partial charge is 0.433 e. The molecule has 0 aromatic heterocycles. The third-order valence-electron chi connectivity index (χ3n) is 2.57. The summed E-state index contributed by atoms with van der Waals surface area (Å²) in [6.07, 6.45) is 7.26. The summed E-state index contributed by atoms with van der Waals surface area (Å²) in [5.74, 6) is 0.216. The van der Waals surface area contributed by atoms with Crippen LogP contribution in [0, 0.1) is 11.8 Å². The summed E-state index contributed by atoms with van der Waals surface area (Å²) in [7, 11) is 0. The topological polar surface area (TPSA) is 43.4 Å². The monoisotopic (exact) mass is 224 g/mol. The van der Waals surface area contributed by atoms with Gasteiger partial charge in [0.1, 0.15) is 5.76 Å². The molecule has 78 valence electrons. The molecule has 0 fully saturated rings. The van der Waals surface area contributed by atoms with Crippen molar-refractivity contribution in [3.8, 4) is 0 Å². The first-order valence-electron chi connectivity index (χ1n) is 4.61. The highest BCUT2D eigenvalue weighted by atomic mass is 35.5. The molecule has 2 aliphatic carbocycles. The summed E-state index contributed by atoms with van der Waals surface area (Å²) < 4.78 is 4.70. The van der Waals surface area contributed by atoms with Crippen LogP contribution in [-0.2, 0) is 14.3 Å². The van der Waals surface area contributed by atoms with Crippen LogP contribution in [0.15, 0.2) is 35.1 Å². The minimum Gasteiger partial charge on any atom is -0.433 e. The van der Waals surface area contributed by atoms with E-state index in [1.165, 1.54) is 6.08 Å². The molecular formula is C11H9ClO3. The van der Waals surface area contributed by atoms with Gasteiger partial charge in [0, 0.05) is 23.4 Å². The first-order valence-corrected chi connectivity index (χ1v) is 4.99. The number of hydrogen-bond acceptors (Lipinski definition) is 3. The van der Waals surface area contributed by atoms with Gasteiger partial charge in [0.2, 0.25) is 0 Å². The Kier molecular flexibility index (Phi) is 2.73. The molecule has 2 atom stereocenters. The maximum atomic E-state index is 11.6. The number of allylic oxidation sites excluding steroid dienone is 6. The molecule has 0 heterocycles. The first kappa shape index (κ1) is 10.2. The van der Waals surface area contributed by atoms with Crippen LogP contribution in [0.3, 0.4) is 0 Å². The van der Waals surface area contributed by atoms with Gasteiger partial charge in [-0.05, 0) is 12.0 Å². The van der Waals surface area contributed by atoms with E-state index in [2.05, 4.69) is 0 Å². The Bertz CT molecular complexity index is 393. The number of hydrogen-bond donors (Lipinski definition) is 0. The zero-order chi connectivity index (χ0) is 10.8. The van der Waals surface area contributed by atoms with Crippen LogP contribution in [0.4, 0.5) is 0 Å². The molecule has 0 spiro atoms. The molecule has 0 aliphatic heterocycles. The number of fused-ring (bicyclic) bond motifs is 1. The van der Waals surface area contributed by atoms with Crippen LogP contribution in [-0.4, -0.2) is 12.3 Å². The zero-order valence-electron chi connectivity index (χ0n) is 7.85. The van der Waals surface area contributed by atoms with Crippen molar-refractivity contribution in [1.82, 2.24) is 0 Å². The van der Waals surface area contributed by atoms with Gasteiger partial charge in [0.15, 0.2) is 5.78 Å². The summed E-state index contributed by atoms with van der Waals surface area (Å²) in [6, 6.07) is 0. The second-order valence-electron chi connectivity index (χ2n) is 3.53. The lowest BCUT2D eigenvalue weighted by Crippen LogP contribution is -2.26. The standard InChI is InChI=1S/C11H9ClO3/c12-8-1-2-10-7(3-8)4-9(15-6-13)5-11(10)14/h1-3,5-7,10H,4H2. The number of ether oxygens (including phenoxy) is 1. The van der Waals surface area contributed by atoms with Crippen LogP contribution < -0.4 is 0 Å². The number of ketones is 1. The SMILES string of the molecule is O=COC1=CC(=O)C2C=CC(Cl)=CC2C1. The summed E-state index contributed by atoms with van der Waals surface area (Å²) in [6.45, 7) is 0.337. The average molecular weight is 225 g/mol. The highest BCUT2D eigenvalue weighted by molar-refractivity contribution is 6.31. The van der Waals surface area contributed by atoms with Crippen molar-refractivity contribution in [1.29, 1.82) is 0 Å². The van der Waals surface area contributed by atoms with Gasteiger partial charge in [-0.15, -0.1) is 0 Å². The highest BCUT2D eigenvalue weighted by Gasteiger charge is 2.31. The molecule has 0 N–H and O–H groups in total. The summed E-state index contributed by atoms with van der Waals surface area (Å²) in [5, 5.41) is 0.622. The lowest BCUT2D eigenvalue weighted by atomic mass is 9.79. The molecule has 0 radical (unpaired) electrons. The molecule has 0 bridgehead atoms. The maximum Gasteiger partial charge on any atom is 0.298 e. The van der Waals surface area contributed by atoms with Crippen molar-refractivity contribution in [2.75, 3.05) is 0 Å². The highest BCUT2D eigenvalue weighted by Crippen LogP contribution is 2.34. The van der Waals surface area contributed by atoms with Crippen LogP contribution in [0.1, 0.15) is 6.42 Å². The van der Waals surface area contributed by atoms with Gasteiger partial charge in [0.25, 0.3) is 6.47 Å². The Morgan fingerprint density at radius 1 is 1.53 bits per heavy atom. The summed E-state index contributed by atoms with van der Waals surface area (Å²) in [4.78, 5) is 21.8. The van der Waals surface area contributed by atoms with E-state index < -0.39 is 0 Å². The minimum absolute atomic E-state index is 0.00921. The van der Waals surface area contributed by atoms with Crippen LogP contribution in [0.25, 0.3) is 0 Å². The van der Waals surface area contributed by atoms with Crippen LogP contribution in [0.2, 0.25) is 0 Å². The molecule has 2 aliphatic rings. The van der Waals surface area contributed by atoms with Crippen molar-refractivity contribution >= 4 is 23.9 Å². The third kappa shape index (κ3) is 2.02. The molecular weight excluding hydrogens is 216 g/mol. The van der Waals surface area contributed by atoms with Crippen molar-refractivity contribution in [2.24, 2.45) is 11.8 Å².